The molecule has 0 bridgehead atoms. The lowest BCUT2D eigenvalue weighted by Gasteiger charge is -2.15. The molecule has 3 rings (SSSR count). The molecule has 0 unspecified atom stereocenters. The fourth-order valence-corrected chi connectivity index (χ4v) is 3.94. The van der Waals surface area contributed by atoms with E-state index in [-0.39, 0.29) is 22.9 Å². The first-order valence-corrected chi connectivity index (χ1v) is 11.5. The SMILES string of the molecule is C=CCn1c(SCC(=O)Nc2cc([N+](=O)[O-])ccc2C)nnc1[C@@H](C)NC(=O)c1ccccc1F. The van der Waals surface area contributed by atoms with Crippen LogP contribution in [0.25, 0.3) is 0 Å². The molecule has 1 heterocycles. The predicted octanol–water partition coefficient (Wildman–Crippen LogP) is 4.04. The summed E-state index contributed by atoms with van der Waals surface area (Å²) in [6, 6.07) is 9.27. The molecule has 2 aromatic carbocycles. The third kappa shape index (κ3) is 6.29. The van der Waals surface area contributed by atoms with Gasteiger partial charge in [-0.2, -0.15) is 0 Å². The van der Waals surface area contributed by atoms with E-state index in [0.717, 1.165) is 11.8 Å². The molecule has 35 heavy (non-hydrogen) atoms. The van der Waals surface area contributed by atoms with Gasteiger partial charge in [-0.25, -0.2) is 4.39 Å². The van der Waals surface area contributed by atoms with Crippen molar-refractivity contribution in [3.63, 3.8) is 0 Å². The van der Waals surface area contributed by atoms with E-state index in [1.165, 1.54) is 30.3 Å². The first-order valence-electron chi connectivity index (χ1n) is 10.5. The van der Waals surface area contributed by atoms with E-state index in [2.05, 4.69) is 27.4 Å². The highest BCUT2D eigenvalue weighted by Crippen LogP contribution is 2.24. The third-order valence-electron chi connectivity index (χ3n) is 4.95. The Morgan fingerprint density at radius 2 is 2.03 bits per heavy atom. The highest BCUT2D eigenvalue weighted by molar-refractivity contribution is 7.99. The van der Waals surface area contributed by atoms with E-state index in [1.807, 2.05) is 0 Å². The number of hydrogen-bond donors (Lipinski definition) is 2. The fraction of sp³-hybridized carbons (Fsp3) is 0.217. The van der Waals surface area contributed by atoms with Gasteiger partial charge < -0.3 is 15.2 Å². The van der Waals surface area contributed by atoms with E-state index < -0.39 is 22.7 Å². The first kappa shape index (κ1) is 25.6. The molecule has 0 spiro atoms. The molecule has 0 aliphatic heterocycles. The number of amides is 2. The summed E-state index contributed by atoms with van der Waals surface area (Å²) in [4.78, 5) is 35.4. The summed E-state index contributed by atoms with van der Waals surface area (Å²) in [5.41, 5.74) is 0.824. The smallest absolute Gasteiger partial charge is 0.271 e. The van der Waals surface area contributed by atoms with Crippen molar-refractivity contribution >= 4 is 35.0 Å². The van der Waals surface area contributed by atoms with E-state index in [1.54, 1.807) is 36.6 Å². The van der Waals surface area contributed by atoms with E-state index in [9.17, 15) is 24.1 Å². The van der Waals surface area contributed by atoms with Crippen LogP contribution < -0.4 is 10.6 Å². The van der Waals surface area contributed by atoms with Crippen molar-refractivity contribution in [2.45, 2.75) is 31.6 Å². The van der Waals surface area contributed by atoms with E-state index in [4.69, 9.17) is 0 Å². The maximum absolute atomic E-state index is 13.9. The zero-order valence-electron chi connectivity index (χ0n) is 19.0. The summed E-state index contributed by atoms with van der Waals surface area (Å²) >= 11 is 1.11. The summed E-state index contributed by atoms with van der Waals surface area (Å²) in [5.74, 6) is -1.23. The molecule has 1 atom stereocenters. The normalized spacial score (nSPS) is 11.5. The van der Waals surface area contributed by atoms with Gasteiger partial charge >= 0.3 is 0 Å². The number of nitrogens with one attached hydrogen (secondary N) is 2. The van der Waals surface area contributed by atoms with E-state index >= 15 is 0 Å². The number of nitro benzene ring substituents is 1. The maximum Gasteiger partial charge on any atom is 0.271 e. The second-order valence-corrected chi connectivity index (χ2v) is 8.45. The Hall–Kier alpha value is -4.06. The van der Waals surface area contributed by atoms with Gasteiger partial charge in [0.25, 0.3) is 11.6 Å². The van der Waals surface area contributed by atoms with Crippen molar-refractivity contribution in [1.29, 1.82) is 0 Å². The summed E-state index contributed by atoms with van der Waals surface area (Å²) in [7, 11) is 0. The van der Waals surface area contributed by atoms with Crippen LogP contribution in [0.2, 0.25) is 0 Å². The molecule has 182 valence electrons. The molecule has 3 aromatic rings. The molecule has 12 heteroatoms. The Morgan fingerprint density at radius 3 is 2.71 bits per heavy atom. The molecular weight excluding hydrogens is 475 g/mol. The number of aromatic nitrogens is 3. The molecule has 2 amide bonds. The quantitative estimate of drug-likeness (QED) is 0.187. The van der Waals surface area contributed by atoms with Crippen molar-refractivity contribution in [3.05, 3.63) is 88.0 Å². The van der Waals surface area contributed by atoms with Crippen molar-refractivity contribution in [3.8, 4) is 0 Å². The Bertz CT molecular complexity index is 1280. The van der Waals surface area contributed by atoms with Crippen LogP contribution in [0, 0.1) is 22.9 Å². The zero-order chi connectivity index (χ0) is 25.5. The van der Waals surface area contributed by atoms with E-state index in [0.29, 0.717) is 28.8 Å². The van der Waals surface area contributed by atoms with Crippen LogP contribution >= 0.6 is 11.8 Å². The van der Waals surface area contributed by atoms with Crippen molar-refractivity contribution in [2.75, 3.05) is 11.1 Å². The van der Waals surface area contributed by atoms with Crippen LogP contribution in [0.3, 0.4) is 0 Å². The van der Waals surface area contributed by atoms with Crippen LogP contribution in [0.1, 0.15) is 34.7 Å². The summed E-state index contributed by atoms with van der Waals surface area (Å²) in [5, 5.41) is 25.1. The monoisotopic (exact) mass is 498 g/mol. The van der Waals surface area contributed by atoms with Gasteiger partial charge in [0.15, 0.2) is 11.0 Å². The van der Waals surface area contributed by atoms with Crippen molar-refractivity contribution < 1.29 is 18.9 Å². The first-order chi connectivity index (χ1) is 16.7. The lowest BCUT2D eigenvalue weighted by Crippen LogP contribution is -2.29. The fourth-order valence-electron chi connectivity index (χ4n) is 3.19. The summed E-state index contributed by atoms with van der Waals surface area (Å²) in [6.45, 7) is 7.46. The maximum atomic E-state index is 13.9. The van der Waals surface area contributed by atoms with Crippen molar-refractivity contribution in [2.24, 2.45) is 0 Å². The van der Waals surface area contributed by atoms with Crippen LogP contribution in [0.15, 0.2) is 60.3 Å². The molecule has 1 aromatic heterocycles. The predicted molar refractivity (Wildman–Crippen MR) is 130 cm³/mol. The average Bonchev–Trinajstić information content (AvgIpc) is 3.22. The standard InChI is InChI=1S/C23H23FN6O4S/c1-4-11-29-21(15(3)25-22(32)17-7-5-6-8-18(17)24)27-28-23(29)35-13-20(31)26-19-12-16(30(33)34)10-9-14(19)2/h4-10,12,15H,1,11,13H2,2-3H3,(H,25,32)(H,26,31)/t15-/m1/s1. The van der Waals surface area contributed by atoms with Crippen LogP contribution in [0.5, 0.6) is 0 Å². The number of nitro groups is 1. The number of rotatable bonds is 10. The molecule has 2 N–H and O–H groups in total. The van der Waals surface area contributed by atoms with Gasteiger partial charge in [0.2, 0.25) is 5.91 Å². The van der Waals surface area contributed by atoms with Gasteiger partial charge in [-0.05, 0) is 31.5 Å². The molecule has 0 aliphatic rings. The number of non-ortho nitro benzene ring substituents is 1. The average molecular weight is 499 g/mol. The van der Waals surface area contributed by atoms with Gasteiger partial charge in [-0.3, -0.25) is 19.7 Å². The zero-order valence-corrected chi connectivity index (χ0v) is 19.8. The number of nitrogens with zero attached hydrogens (tertiary/aromatic N) is 4. The molecule has 0 saturated carbocycles. The number of carbonyl (C=O) groups excluding carboxylic acids is 2. The minimum atomic E-state index is -0.633. The third-order valence-corrected chi connectivity index (χ3v) is 5.92. The topological polar surface area (TPSA) is 132 Å². The number of aryl methyl sites for hydroxylation is 1. The van der Waals surface area contributed by atoms with Gasteiger partial charge in [0.1, 0.15) is 5.82 Å². The highest BCUT2D eigenvalue weighted by atomic mass is 32.2. The highest BCUT2D eigenvalue weighted by Gasteiger charge is 2.22. The van der Waals surface area contributed by atoms with Crippen molar-refractivity contribution in [1.82, 2.24) is 20.1 Å². The lowest BCUT2D eigenvalue weighted by atomic mass is 10.2. The van der Waals surface area contributed by atoms with Crippen LogP contribution in [0.4, 0.5) is 15.8 Å². The largest absolute Gasteiger partial charge is 0.342 e. The Labute approximate surface area is 204 Å². The van der Waals surface area contributed by atoms with Crippen LogP contribution in [-0.4, -0.2) is 37.3 Å². The molecule has 0 aliphatic carbocycles. The second kappa shape index (κ2) is 11.4. The molecule has 0 fully saturated rings. The number of benzene rings is 2. The lowest BCUT2D eigenvalue weighted by molar-refractivity contribution is -0.384. The second-order valence-electron chi connectivity index (χ2n) is 7.51. The number of carbonyl (C=O) groups is 2. The molecular formula is C23H23FN6O4S. The summed E-state index contributed by atoms with van der Waals surface area (Å²) in [6.07, 6.45) is 1.62. The van der Waals surface area contributed by atoms with Crippen LogP contribution in [-0.2, 0) is 11.3 Å². The Balaban J connectivity index is 1.69. The van der Waals surface area contributed by atoms with Gasteiger partial charge in [0.05, 0.1) is 28.0 Å². The molecule has 0 radical (unpaired) electrons. The number of halogens is 1. The number of allylic oxidation sites excluding steroid dienone is 1. The van der Waals surface area contributed by atoms with Gasteiger partial charge in [-0.1, -0.05) is 36.0 Å². The number of hydrogen-bond acceptors (Lipinski definition) is 7. The Morgan fingerprint density at radius 1 is 1.29 bits per heavy atom. The Kier molecular flexibility index (Phi) is 8.31. The molecule has 0 saturated heterocycles. The molecule has 10 nitrogen and oxygen atoms in total. The number of anilines is 1. The minimum absolute atomic E-state index is 0.0344. The van der Waals surface area contributed by atoms with Gasteiger partial charge in [-0.15, -0.1) is 16.8 Å². The van der Waals surface area contributed by atoms with Gasteiger partial charge in [0, 0.05) is 18.7 Å². The summed E-state index contributed by atoms with van der Waals surface area (Å²) < 4.78 is 15.6. The minimum Gasteiger partial charge on any atom is -0.342 e. The number of thioether (sulfide) groups is 1.